The summed E-state index contributed by atoms with van der Waals surface area (Å²) in [4.78, 5) is 18.1. The van der Waals surface area contributed by atoms with Crippen LogP contribution in [0.15, 0.2) is 5.38 Å². The molecule has 1 amide bonds. The highest BCUT2D eigenvalue weighted by Gasteiger charge is 2.14. The fourth-order valence-corrected chi connectivity index (χ4v) is 2.43. The lowest BCUT2D eigenvalue weighted by atomic mass is 10.3. The average Bonchev–Trinajstić information content (AvgIpc) is 2.84. The first-order valence-corrected chi connectivity index (χ1v) is 7.40. The topological polar surface area (TPSA) is 54.5 Å². The molecular formula is C13H25Cl2N3O2S. The summed E-state index contributed by atoms with van der Waals surface area (Å²) < 4.78 is 5.49. The fraction of sp³-hybridized carbons (Fsp3) is 0.692. The maximum atomic E-state index is 12.0. The Morgan fingerprint density at radius 2 is 2.19 bits per heavy atom. The summed E-state index contributed by atoms with van der Waals surface area (Å²) in [5.41, 5.74) is 0.827. The molecule has 0 aliphatic heterocycles. The second-order valence-corrected chi connectivity index (χ2v) is 5.26. The molecule has 0 aromatic carbocycles. The van der Waals surface area contributed by atoms with Crippen molar-refractivity contribution in [1.82, 2.24) is 15.2 Å². The number of rotatable bonds is 8. The van der Waals surface area contributed by atoms with Gasteiger partial charge in [-0.3, -0.25) is 4.79 Å². The van der Waals surface area contributed by atoms with E-state index in [-0.39, 0.29) is 36.8 Å². The van der Waals surface area contributed by atoms with Gasteiger partial charge in [-0.15, -0.1) is 36.2 Å². The molecule has 1 atom stereocenters. The standard InChI is InChI=1S/C13H23N3O2S.2ClH/c1-5-18-10(2)13-15-11(9-19-13)8-12(17)16(4)7-6-14-3;;/h9-10,14H,5-8H2,1-4H3;2*1H. The number of aromatic nitrogens is 1. The van der Waals surface area contributed by atoms with Gasteiger partial charge in [0.15, 0.2) is 0 Å². The van der Waals surface area contributed by atoms with Crippen molar-refractivity contribution in [1.29, 1.82) is 0 Å². The maximum absolute atomic E-state index is 12.0. The minimum Gasteiger partial charge on any atom is -0.372 e. The lowest BCUT2D eigenvalue weighted by molar-refractivity contribution is -0.129. The third kappa shape index (κ3) is 7.97. The van der Waals surface area contributed by atoms with Crippen LogP contribution in [0.5, 0.6) is 0 Å². The number of ether oxygens (including phenoxy) is 1. The lowest BCUT2D eigenvalue weighted by Crippen LogP contribution is -2.33. The maximum Gasteiger partial charge on any atom is 0.228 e. The number of carbonyl (C=O) groups is 1. The summed E-state index contributed by atoms with van der Waals surface area (Å²) >= 11 is 1.55. The van der Waals surface area contributed by atoms with Gasteiger partial charge >= 0.3 is 0 Å². The number of nitrogens with one attached hydrogen (secondary N) is 1. The Kier molecular flexibility index (Phi) is 13.3. The second kappa shape index (κ2) is 12.2. The van der Waals surface area contributed by atoms with Crippen LogP contribution in [-0.2, 0) is 16.0 Å². The minimum atomic E-state index is 0. The second-order valence-electron chi connectivity index (χ2n) is 4.37. The van der Waals surface area contributed by atoms with Gasteiger partial charge in [-0.05, 0) is 20.9 Å². The normalized spacial score (nSPS) is 11.2. The highest BCUT2D eigenvalue weighted by atomic mass is 35.5. The van der Waals surface area contributed by atoms with Crippen LogP contribution in [0.2, 0.25) is 0 Å². The molecule has 0 saturated heterocycles. The van der Waals surface area contributed by atoms with Gasteiger partial charge in [0.05, 0.1) is 12.1 Å². The molecule has 1 aromatic rings. The van der Waals surface area contributed by atoms with Crippen LogP contribution in [0.1, 0.15) is 30.7 Å². The highest BCUT2D eigenvalue weighted by molar-refractivity contribution is 7.09. The zero-order valence-corrected chi connectivity index (χ0v) is 15.4. The molecule has 1 rings (SSSR count). The molecule has 0 spiro atoms. The van der Waals surface area contributed by atoms with Gasteiger partial charge in [-0.2, -0.15) is 0 Å². The number of carbonyl (C=O) groups excluding carboxylic acids is 1. The van der Waals surface area contributed by atoms with Crippen molar-refractivity contribution >= 4 is 42.1 Å². The first kappa shape index (κ1) is 22.9. The van der Waals surface area contributed by atoms with Gasteiger partial charge < -0.3 is 15.0 Å². The van der Waals surface area contributed by atoms with E-state index in [1.165, 1.54) is 0 Å². The van der Waals surface area contributed by atoms with E-state index in [1.54, 1.807) is 16.2 Å². The van der Waals surface area contributed by atoms with Crippen molar-refractivity contribution in [3.63, 3.8) is 0 Å². The van der Waals surface area contributed by atoms with E-state index in [0.29, 0.717) is 19.6 Å². The molecule has 1 unspecified atom stereocenters. The van der Waals surface area contributed by atoms with Crippen LogP contribution < -0.4 is 5.32 Å². The Balaban J connectivity index is 0. The molecule has 8 heteroatoms. The zero-order valence-electron chi connectivity index (χ0n) is 12.9. The molecule has 5 nitrogen and oxygen atoms in total. The molecule has 1 aromatic heterocycles. The van der Waals surface area contributed by atoms with Crippen LogP contribution in [0.4, 0.5) is 0 Å². The lowest BCUT2D eigenvalue weighted by Gasteiger charge is -2.16. The molecule has 1 heterocycles. The zero-order chi connectivity index (χ0) is 14.3. The van der Waals surface area contributed by atoms with E-state index in [1.807, 2.05) is 33.3 Å². The number of hydrogen-bond donors (Lipinski definition) is 1. The molecule has 0 radical (unpaired) electrons. The van der Waals surface area contributed by atoms with Gasteiger partial charge in [0.25, 0.3) is 0 Å². The van der Waals surface area contributed by atoms with Gasteiger partial charge in [0.1, 0.15) is 11.1 Å². The van der Waals surface area contributed by atoms with Crippen molar-refractivity contribution in [2.75, 3.05) is 33.8 Å². The molecule has 0 aliphatic rings. The fourth-order valence-electron chi connectivity index (χ4n) is 1.61. The van der Waals surface area contributed by atoms with E-state index in [0.717, 1.165) is 17.2 Å². The minimum absolute atomic E-state index is 0. The Labute approximate surface area is 143 Å². The van der Waals surface area contributed by atoms with Crippen molar-refractivity contribution in [3.05, 3.63) is 16.1 Å². The smallest absolute Gasteiger partial charge is 0.228 e. The van der Waals surface area contributed by atoms with E-state index in [2.05, 4.69) is 10.3 Å². The van der Waals surface area contributed by atoms with Crippen molar-refractivity contribution in [2.24, 2.45) is 0 Å². The quantitative estimate of drug-likeness (QED) is 0.775. The number of amides is 1. The molecule has 124 valence electrons. The van der Waals surface area contributed by atoms with Gasteiger partial charge in [-0.1, -0.05) is 0 Å². The summed E-state index contributed by atoms with van der Waals surface area (Å²) in [5, 5.41) is 5.90. The number of likely N-dealkylation sites (N-methyl/N-ethyl adjacent to an activating group) is 2. The Morgan fingerprint density at radius 3 is 2.76 bits per heavy atom. The van der Waals surface area contributed by atoms with Crippen molar-refractivity contribution in [3.8, 4) is 0 Å². The van der Waals surface area contributed by atoms with Crippen molar-refractivity contribution in [2.45, 2.75) is 26.4 Å². The molecule has 0 saturated carbocycles. The Bertz CT molecular complexity index is 405. The summed E-state index contributed by atoms with van der Waals surface area (Å²) in [6.07, 6.45) is 0.358. The number of nitrogens with zero attached hydrogens (tertiary/aromatic N) is 2. The molecule has 1 N–H and O–H groups in total. The molecule has 0 aliphatic carbocycles. The van der Waals surface area contributed by atoms with Gasteiger partial charge in [-0.25, -0.2) is 4.98 Å². The molecular weight excluding hydrogens is 333 g/mol. The highest BCUT2D eigenvalue weighted by Crippen LogP contribution is 2.21. The van der Waals surface area contributed by atoms with Gasteiger partial charge in [0, 0.05) is 32.1 Å². The summed E-state index contributed by atoms with van der Waals surface area (Å²) in [6, 6.07) is 0. The largest absolute Gasteiger partial charge is 0.372 e. The predicted octanol–water partition coefficient (Wildman–Crippen LogP) is 2.30. The van der Waals surface area contributed by atoms with Crippen LogP contribution >= 0.6 is 36.2 Å². The first-order chi connectivity index (χ1) is 9.08. The van der Waals surface area contributed by atoms with Crippen LogP contribution in [0.3, 0.4) is 0 Å². The molecule has 0 fully saturated rings. The Hall–Kier alpha value is -0.400. The van der Waals surface area contributed by atoms with Crippen LogP contribution in [0, 0.1) is 0 Å². The van der Waals surface area contributed by atoms with E-state index in [9.17, 15) is 4.79 Å². The summed E-state index contributed by atoms with van der Waals surface area (Å²) in [6.45, 7) is 6.12. The third-order valence-electron chi connectivity index (χ3n) is 2.79. The molecule has 21 heavy (non-hydrogen) atoms. The monoisotopic (exact) mass is 357 g/mol. The summed E-state index contributed by atoms with van der Waals surface area (Å²) in [7, 11) is 3.69. The summed E-state index contributed by atoms with van der Waals surface area (Å²) in [5.74, 6) is 0.0937. The average molecular weight is 358 g/mol. The van der Waals surface area contributed by atoms with E-state index in [4.69, 9.17) is 4.74 Å². The SMILES string of the molecule is CCOC(C)c1nc(CC(=O)N(C)CCNC)cs1.Cl.Cl. The van der Waals surface area contributed by atoms with Crippen molar-refractivity contribution < 1.29 is 9.53 Å². The number of thiazole rings is 1. The third-order valence-corrected chi connectivity index (χ3v) is 3.84. The molecule has 0 bridgehead atoms. The first-order valence-electron chi connectivity index (χ1n) is 6.53. The van der Waals surface area contributed by atoms with E-state index >= 15 is 0 Å². The predicted molar refractivity (Wildman–Crippen MR) is 91.9 cm³/mol. The number of hydrogen-bond acceptors (Lipinski definition) is 5. The van der Waals surface area contributed by atoms with Crippen LogP contribution in [-0.4, -0.2) is 49.6 Å². The number of halogens is 2. The van der Waals surface area contributed by atoms with E-state index < -0.39 is 0 Å². The van der Waals surface area contributed by atoms with Crippen LogP contribution in [0.25, 0.3) is 0 Å². The van der Waals surface area contributed by atoms with Gasteiger partial charge in [0.2, 0.25) is 5.91 Å². The Morgan fingerprint density at radius 1 is 1.52 bits per heavy atom.